The molecule has 0 saturated carbocycles. The maximum Gasteiger partial charge on any atom is 0.247 e. The number of benzene rings is 3. The lowest BCUT2D eigenvalue weighted by atomic mass is 9.98. The van der Waals surface area contributed by atoms with Gasteiger partial charge in [0.05, 0.1) is 29.3 Å². The van der Waals surface area contributed by atoms with Crippen LogP contribution in [0.2, 0.25) is 0 Å². The summed E-state index contributed by atoms with van der Waals surface area (Å²) in [4.78, 5) is 32.6. The van der Waals surface area contributed by atoms with Gasteiger partial charge in [-0.15, -0.1) is 0 Å². The van der Waals surface area contributed by atoms with Crippen LogP contribution in [0.4, 0.5) is 5.69 Å². The van der Waals surface area contributed by atoms with Crippen LogP contribution in [0.15, 0.2) is 83.9 Å². The average Bonchev–Trinajstić information content (AvgIpc) is 3.25. The summed E-state index contributed by atoms with van der Waals surface area (Å²) >= 11 is 1.18. The number of hydrogen-bond acceptors (Lipinski definition) is 6. The first kappa shape index (κ1) is 27.2. The fourth-order valence-electron chi connectivity index (χ4n) is 4.70. The topological polar surface area (TPSA) is 83.3 Å². The number of anilines is 1. The summed E-state index contributed by atoms with van der Waals surface area (Å²) in [6.07, 6.45) is 0.0363. The summed E-state index contributed by atoms with van der Waals surface area (Å²) in [6, 6.07) is 27.2. The summed E-state index contributed by atoms with van der Waals surface area (Å²) in [5.41, 5.74) is 6.30. The van der Waals surface area contributed by atoms with Crippen molar-refractivity contribution in [3.8, 4) is 34.2 Å². The number of amides is 2. The number of methoxy groups -OCH3 is 1. The van der Waals surface area contributed by atoms with Gasteiger partial charge in [-0.25, -0.2) is 9.88 Å². The lowest BCUT2D eigenvalue weighted by Gasteiger charge is -2.17. The van der Waals surface area contributed by atoms with Crippen LogP contribution in [0.25, 0.3) is 22.4 Å². The second-order valence-electron chi connectivity index (χ2n) is 10.1. The molecule has 2 amide bonds. The van der Waals surface area contributed by atoms with E-state index in [1.54, 1.807) is 7.11 Å². The fourth-order valence-corrected chi connectivity index (χ4v) is 5.82. The Bertz CT molecular complexity index is 1610. The maximum absolute atomic E-state index is 13.5. The number of carbonyl (C=O) groups is 2. The molecule has 200 valence electrons. The molecule has 1 aromatic heterocycles. The molecule has 40 heavy (non-hydrogen) atoms. The van der Waals surface area contributed by atoms with Crippen molar-refractivity contribution >= 4 is 29.3 Å². The van der Waals surface area contributed by atoms with E-state index >= 15 is 0 Å². The highest BCUT2D eigenvalue weighted by atomic mass is 32.2. The first-order chi connectivity index (χ1) is 19.3. The fraction of sp³-hybridized carbons (Fsp3) is 0.212. The maximum atomic E-state index is 13.5. The van der Waals surface area contributed by atoms with E-state index in [9.17, 15) is 14.9 Å². The molecule has 4 aromatic rings. The number of aryl methyl sites for hydroxylation is 1. The monoisotopic (exact) mass is 547 g/mol. The van der Waals surface area contributed by atoms with Crippen LogP contribution < -0.4 is 9.64 Å². The van der Waals surface area contributed by atoms with Gasteiger partial charge in [0.2, 0.25) is 11.8 Å². The number of rotatable bonds is 7. The summed E-state index contributed by atoms with van der Waals surface area (Å²) in [7, 11) is 1.61. The molecule has 1 fully saturated rings. The number of nitriles is 1. The number of thioether (sulfide) groups is 1. The van der Waals surface area contributed by atoms with Gasteiger partial charge in [-0.05, 0) is 66.4 Å². The SMILES string of the molecule is COc1ccc(-c2cc(-c3ccc(C)cc3)c(C#N)c(SC3CC(=O)N(c4ccc(C(C)C)cc4)C3=O)n2)cc1. The highest BCUT2D eigenvalue weighted by Gasteiger charge is 2.41. The van der Waals surface area contributed by atoms with Gasteiger partial charge < -0.3 is 4.74 Å². The minimum Gasteiger partial charge on any atom is -0.497 e. The lowest BCUT2D eigenvalue weighted by Crippen LogP contribution is -2.31. The van der Waals surface area contributed by atoms with Gasteiger partial charge in [0.25, 0.3) is 0 Å². The molecule has 1 atom stereocenters. The first-order valence-electron chi connectivity index (χ1n) is 13.1. The zero-order valence-corrected chi connectivity index (χ0v) is 23.7. The Labute approximate surface area is 238 Å². The average molecular weight is 548 g/mol. The normalized spacial score (nSPS) is 15.0. The van der Waals surface area contributed by atoms with Crippen LogP contribution in [-0.2, 0) is 9.59 Å². The van der Waals surface area contributed by atoms with Crippen molar-refractivity contribution in [1.29, 1.82) is 5.26 Å². The Balaban J connectivity index is 1.54. The molecule has 0 radical (unpaired) electrons. The molecule has 2 heterocycles. The molecule has 0 aliphatic carbocycles. The Kier molecular flexibility index (Phi) is 7.72. The van der Waals surface area contributed by atoms with E-state index in [1.165, 1.54) is 16.7 Å². The predicted octanol–water partition coefficient (Wildman–Crippen LogP) is 7.15. The molecule has 6 nitrogen and oxygen atoms in total. The van der Waals surface area contributed by atoms with Gasteiger partial charge in [-0.2, -0.15) is 5.26 Å². The van der Waals surface area contributed by atoms with Crippen molar-refractivity contribution < 1.29 is 14.3 Å². The standard InChI is InChI=1S/C33H29N3O3S/c1-20(2)22-9-13-25(14-10-22)36-31(37)18-30(33(36)38)40-32-28(19-34)27(23-7-5-21(3)6-8-23)17-29(35-32)24-11-15-26(39-4)16-12-24/h5-17,20,30H,18H2,1-4H3. The molecule has 1 unspecified atom stereocenters. The minimum atomic E-state index is -0.686. The van der Waals surface area contributed by atoms with Crippen LogP contribution in [0, 0.1) is 18.3 Å². The highest BCUT2D eigenvalue weighted by molar-refractivity contribution is 8.00. The molecule has 0 bridgehead atoms. The van der Waals surface area contributed by atoms with E-state index in [4.69, 9.17) is 9.72 Å². The quantitative estimate of drug-likeness (QED) is 0.229. The number of imide groups is 1. The second kappa shape index (κ2) is 11.4. The second-order valence-corrected chi connectivity index (χ2v) is 11.3. The van der Waals surface area contributed by atoms with Crippen LogP contribution in [0.5, 0.6) is 5.75 Å². The zero-order valence-electron chi connectivity index (χ0n) is 22.8. The third-order valence-corrected chi connectivity index (χ3v) is 8.19. The third-order valence-electron chi connectivity index (χ3n) is 7.02. The van der Waals surface area contributed by atoms with Gasteiger partial charge in [-0.3, -0.25) is 9.59 Å². The van der Waals surface area contributed by atoms with E-state index in [2.05, 4.69) is 19.9 Å². The molecule has 3 aromatic carbocycles. The minimum absolute atomic E-state index is 0.0363. The van der Waals surface area contributed by atoms with Crippen LogP contribution >= 0.6 is 11.8 Å². The number of carbonyl (C=O) groups excluding carboxylic acids is 2. The van der Waals surface area contributed by atoms with Crippen molar-refractivity contribution in [2.75, 3.05) is 12.0 Å². The lowest BCUT2D eigenvalue weighted by molar-refractivity contribution is -0.121. The van der Waals surface area contributed by atoms with Gasteiger partial charge in [0.1, 0.15) is 16.8 Å². The summed E-state index contributed by atoms with van der Waals surface area (Å²) in [6.45, 7) is 6.20. The van der Waals surface area contributed by atoms with E-state index < -0.39 is 5.25 Å². The molecule has 1 aliphatic rings. The van der Waals surface area contributed by atoms with Crippen molar-refractivity contribution in [3.63, 3.8) is 0 Å². The van der Waals surface area contributed by atoms with E-state index in [0.717, 1.165) is 33.6 Å². The Hall–Kier alpha value is -4.41. The van der Waals surface area contributed by atoms with E-state index in [0.29, 0.717) is 27.9 Å². The largest absolute Gasteiger partial charge is 0.497 e. The summed E-state index contributed by atoms with van der Waals surface area (Å²) in [5, 5.41) is 9.99. The third kappa shape index (κ3) is 5.36. The van der Waals surface area contributed by atoms with Crippen LogP contribution in [0.3, 0.4) is 0 Å². The smallest absolute Gasteiger partial charge is 0.247 e. The molecule has 1 aliphatic heterocycles. The number of ether oxygens (including phenoxy) is 1. The van der Waals surface area contributed by atoms with Gasteiger partial charge in [0.15, 0.2) is 0 Å². The molecule has 1 saturated heterocycles. The van der Waals surface area contributed by atoms with Crippen LogP contribution in [-0.4, -0.2) is 29.2 Å². The van der Waals surface area contributed by atoms with E-state index in [-0.39, 0.29) is 18.2 Å². The number of nitrogens with zero attached hydrogens (tertiary/aromatic N) is 3. The van der Waals surface area contributed by atoms with Gasteiger partial charge in [-0.1, -0.05) is 67.6 Å². The Morgan fingerprint density at radius 3 is 2.23 bits per heavy atom. The molecular weight excluding hydrogens is 518 g/mol. The van der Waals surface area contributed by atoms with Crippen molar-refractivity contribution in [2.24, 2.45) is 0 Å². The molecule has 7 heteroatoms. The number of hydrogen-bond donors (Lipinski definition) is 0. The zero-order chi connectivity index (χ0) is 28.4. The van der Waals surface area contributed by atoms with Gasteiger partial charge in [0, 0.05) is 17.5 Å². The summed E-state index contributed by atoms with van der Waals surface area (Å²) in [5.74, 6) is 0.508. The van der Waals surface area contributed by atoms with Gasteiger partial charge >= 0.3 is 0 Å². The summed E-state index contributed by atoms with van der Waals surface area (Å²) < 4.78 is 5.30. The predicted molar refractivity (Wildman–Crippen MR) is 158 cm³/mol. The van der Waals surface area contributed by atoms with E-state index in [1.807, 2.05) is 85.8 Å². The molecule has 0 N–H and O–H groups in total. The van der Waals surface area contributed by atoms with Crippen molar-refractivity contribution in [2.45, 2.75) is 43.4 Å². The molecule has 0 spiro atoms. The van der Waals surface area contributed by atoms with Crippen LogP contribution in [0.1, 0.15) is 42.9 Å². The number of aromatic nitrogens is 1. The Morgan fingerprint density at radius 2 is 1.62 bits per heavy atom. The van der Waals surface area contributed by atoms with Crippen molar-refractivity contribution in [3.05, 3.63) is 95.6 Å². The first-order valence-corrected chi connectivity index (χ1v) is 14.0. The Morgan fingerprint density at radius 1 is 0.975 bits per heavy atom. The molecule has 5 rings (SSSR count). The highest BCUT2D eigenvalue weighted by Crippen LogP contribution is 2.39. The number of pyridine rings is 1. The van der Waals surface area contributed by atoms with Crippen molar-refractivity contribution in [1.82, 2.24) is 4.98 Å². The molecular formula is C33H29N3O3S.